The van der Waals surface area contributed by atoms with Gasteiger partial charge in [0.25, 0.3) is 0 Å². The lowest BCUT2D eigenvalue weighted by Gasteiger charge is -2.42. The first-order chi connectivity index (χ1) is 17.9. The molecule has 38 heavy (non-hydrogen) atoms. The van der Waals surface area contributed by atoms with Gasteiger partial charge in [0.05, 0.1) is 35.5 Å². The average Bonchev–Trinajstić information content (AvgIpc) is 3.53. The third-order valence-electron chi connectivity index (χ3n) is 7.68. The molecular weight excluding hydrogens is 502 g/mol. The van der Waals surface area contributed by atoms with E-state index in [-0.39, 0.29) is 40.9 Å². The summed E-state index contributed by atoms with van der Waals surface area (Å²) in [6.07, 6.45) is 7.41. The average molecular weight is 544 g/mol. The van der Waals surface area contributed by atoms with E-state index in [2.05, 4.69) is 24.8 Å². The first-order valence-corrected chi connectivity index (χ1v) is 14.6. The molecule has 1 aliphatic heterocycles. The SMILES string of the molecule is CC1=CC[C@H](C(=O)N(c2cc(C#CC(C)(C)C)sc2C(=O)O)C2CCC(O)(CO[C@@H]3CCOC3)CC2)CC1. The van der Waals surface area contributed by atoms with Gasteiger partial charge in [-0.2, -0.15) is 0 Å². The van der Waals surface area contributed by atoms with Crippen LogP contribution in [-0.4, -0.2) is 59.7 Å². The van der Waals surface area contributed by atoms with E-state index >= 15 is 0 Å². The highest BCUT2D eigenvalue weighted by atomic mass is 32.1. The van der Waals surface area contributed by atoms with Crippen molar-refractivity contribution < 1.29 is 29.3 Å². The van der Waals surface area contributed by atoms with E-state index in [1.54, 1.807) is 11.0 Å². The van der Waals surface area contributed by atoms with Crippen molar-refractivity contribution >= 4 is 28.9 Å². The Morgan fingerprint density at radius 3 is 2.55 bits per heavy atom. The fourth-order valence-electron chi connectivity index (χ4n) is 5.37. The van der Waals surface area contributed by atoms with Crippen LogP contribution in [0.5, 0.6) is 0 Å². The number of hydrogen-bond donors (Lipinski definition) is 2. The van der Waals surface area contributed by atoms with Gasteiger partial charge in [-0.1, -0.05) is 23.5 Å². The number of nitrogens with zero attached hydrogens (tertiary/aromatic N) is 1. The summed E-state index contributed by atoms with van der Waals surface area (Å²) in [5.41, 5.74) is 0.548. The molecule has 1 amide bonds. The molecule has 1 aromatic heterocycles. The third-order valence-corrected chi connectivity index (χ3v) is 8.71. The summed E-state index contributed by atoms with van der Waals surface area (Å²) < 4.78 is 11.3. The zero-order valence-electron chi connectivity index (χ0n) is 23.0. The molecule has 0 bridgehead atoms. The lowest BCUT2D eigenvalue weighted by atomic mass is 9.81. The molecule has 1 aromatic rings. The summed E-state index contributed by atoms with van der Waals surface area (Å²) in [6.45, 7) is 9.61. The van der Waals surface area contributed by atoms with Gasteiger partial charge in [0.15, 0.2) is 0 Å². The number of aliphatic hydroxyl groups is 1. The molecule has 208 valence electrons. The maximum absolute atomic E-state index is 14.0. The van der Waals surface area contributed by atoms with Crippen LogP contribution in [0.4, 0.5) is 5.69 Å². The Hall–Kier alpha value is -2.18. The van der Waals surface area contributed by atoms with Crippen molar-refractivity contribution in [1.82, 2.24) is 0 Å². The van der Waals surface area contributed by atoms with Gasteiger partial charge in [0.2, 0.25) is 5.91 Å². The quantitative estimate of drug-likeness (QED) is 0.353. The van der Waals surface area contributed by atoms with Crippen molar-refractivity contribution in [2.24, 2.45) is 11.3 Å². The van der Waals surface area contributed by atoms with Crippen LogP contribution in [0, 0.1) is 23.2 Å². The summed E-state index contributed by atoms with van der Waals surface area (Å²) >= 11 is 1.13. The molecule has 1 saturated heterocycles. The van der Waals surface area contributed by atoms with E-state index in [4.69, 9.17) is 9.47 Å². The van der Waals surface area contributed by atoms with Crippen molar-refractivity contribution in [3.05, 3.63) is 27.5 Å². The summed E-state index contributed by atoms with van der Waals surface area (Å²) in [7, 11) is 0. The number of carboxylic acids is 1. The molecule has 8 heteroatoms. The van der Waals surface area contributed by atoms with Crippen LogP contribution in [0.25, 0.3) is 0 Å². The van der Waals surface area contributed by atoms with Gasteiger partial charge in [0.1, 0.15) is 4.88 Å². The summed E-state index contributed by atoms with van der Waals surface area (Å²) in [5.74, 6) is 5.05. The van der Waals surface area contributed by atoms with Crippen molar-refractivity contribution in [1.29, 1.82) is 0 Å². The summed E-state index contributed by atoms with van der Waals surface area (Å²) in [4.78, 5) is 28.9. The fraction of sp³-hybridized carbons (Fsp3) is 0.667. The minimum absolute atomic E-state index is 0.0224. The molecule has 2 N–H and O–H groups in total. The Kier molecular flexibility index (Phi) is 9.03. The minimum atomic E-state index is -1.05. The largest absolute Gasteiger partial charge is 0.477 e. The lowest BCUT2D eigenvalue weighted by molar-refractivity contribution is -0.124. The van der Waals surface area contributed by atoms with E-state index in [1.165, 1.54) is 5.57 Å². The predicted molar refractivity (Wildman–Crippen MR) is 149 cm³/mol. The maximum atomic E-state index is 14.0. The van der Waals surface area contributed by atoms with Crippen LogP contribution in [0.15, 0.2) is 17.7 Å². The number of rotatable bonds is 7. The molecule has 2 heterocycles. The number of aromatic carboxylic acids is 1. The van der Waals surface area contributed by atoms with Crippen LogP contribution in [-0.2, 0) is 14.3 Å². The van der Waals surface area contributed by atoms with Gasteiger partial charge in [-0.3, -0.25) is 4.79 Å². The molecule has 0 unspecified atom stereocenters. The van der Waals surface area contributed by atoms with Crippen LogP contribution in [0.1, 0.15) is 93.6 Å². The van der Waals surface area contributed by atoms with Crippen LogP contribution >= 0.6 is 11.3 Å². The molecule has 2 aliphatic carbocycles. The van der Waals surface area contributed by atoms with Gasteiger partial charge >= 0.3 is 5.97 Å². The van der Waals surface area contributed by atoms with Crippen LogP contribution in [0.2, 0.25) is 0 Å². The monoisotopic (exact) mass is 543 g/mol. The first-order valence-electron chi connectivity index (χ1n) is 13.7. The van der Waals surface area contributed by atoms with Gasteiger partial charge in [-0.15, -0.1) is 11.3 Å². The Morgan fingerprint density at radius 2 is 1.97 bits per heavy atom. The second-order valence-corrected chi connectivity index (χ2v) is 13.2. The van der Waals surface area contributed by atoms with Crippen molar-refractivity contribution in [3.8, 4) is 11.8 Å². The van der Waals surface area contributed by atoms with Gasteiger partial charge in [-0.05, 0) is 85.1 Å². The molecule has 3 aliphatic rings. The zero-order valence-corrected chi connectivity index (χ0v) is 23.9. The number of amides is 1. The van der Waals surface area contributed by atoms with E-state index < -0.39 is 11.6 Å². The molecule has 0 radical (unpaired) electrons. The van der Waals surface area contributed by atoms with E-state index in [1.807, 2.05) is 20.8 Å². The number of thiophene rings is 1. The number of hydrogen-bond acceptors (Lipinski definition) is 6. The number of carboxylic acid groups (broad SMARTS) is 1. The standard InChI is InChI=1S/C30H41NO6S/c1-20-5-7-21(8-6-20)27(32)31(25-17-24(11-13-29(2,3)4)38-26(25)28(33)34)22-9-14-30(35,15-10-22)19-37-23-12-16-36-18-23/h5,17,21-23,35H,6-10,12,14-16,18-19H2,1-4H3,(H,33,34)/t21-,22?,23+,30?/m0/s1. The molecule has 0 spiro atoms. The van der Waals surface area contributed by atoms with Crippen molar-refractivity contribution in [2.75, 3.05) is 24.7 Å². The van der Waals surface area contributed by atoms with E-state index in [9.17, 15) is 19.8 Å². The van der Waals surface area contributed by atoms with Gasteiger partial charge in [-0.25, -0.2) is 4.79 Å². The molecule has 4 rings (SSSR count). The second kappa shape index (κ2) is 11.9. The number of allylic oxidation sites excluding steroid dienone is 2. The molecule has 0 aromatic carbocycles. The third kappa shape index (κ3) is 7.26. The minimum Gasteiger partial charge on any atom is -0.477 e. The molecule has 2 fully saturated rings. The fourth-order valence-corrected chi connectivity index (χ4v) is 6.21. The maximum Gasteiger partial charge on any atom is 0.348 e. The van der Waals surface area contributed by atoms with Gasteiger partial charge in [0, 0.05) is 24.0 Å². The van der Waals surface area contributed by atoms with Crippen molar-refractivity contribution in [3.63, 3.8) is 0 Å². The van der Waals surface area contributed by atoms with E-state index in [0.29, 0.717) is 55.9 Å². The zero-order chi connectivity index (χ0) is 27.5. The van der Waals surface area contributed by atoms with Crippen molar-refractivity contribution in [2.45, 2.75) is 96.8 Å². The Bertz CT molecular complexity index is 1110. The van der Waals surface area contributed by atoms with Crippen LogP contribution in [0.3, 0.4) is 0 Å². The first kappa shape index (κ1) is 28.8. The van der Waals surface area contributed by atoms with Crippen LogP contribution < -0.4 is 4.90 Å². The Labute approximate surface area is 230 Å². The second-order valence-electron chi connectivity index (χ2n) is 12.1. The molecular formula is C30H41NO6S. The topological polar surface area (TPSA) is 96.3 Å². The molecule has 2 atom stereocenters. The van der Waals surface area contributed by atoms with E-state index in [0.717, 1.165) is 30.6 Å². The highest BCUT2D eigenvalue weighted by molar-refractivity contribution is 7.15. The number of carbonyl (C=O) groups excluding carboxylic acids is 1. The normalized spacial score (nSPS) is 27.8. The Balaban J connectivity index is 1.60. The molecule has 1 saturated carbocycles. The summed E-state index contributed by atoms with van der Waals surface area (Å²) in [5, 5.41) is 21.3. The Morgan fingerprint density at radius 1 is 1.24 bits per heavy atom. The predicted octanol–water partition coefficient (Wildman–Crippen LogP) is 5.40. The molecule has 7 nitrogen and oxygen atoms in total. The number of carbonyl (C=O) groups is 2. The number of anilines is 1. The lowest BCUT2D eigenvalue weighted by Crippen LogP contribution is -2.50. The number of ether oxygens (including phenoxy) is 2. The highest BCUT2D eigenvalue weighted by Crippen LogP contribution is 2.40. The van der Waals surface area contributed by atoms with Gasteiger partial charge < -0.3 is 24.6 Å². The highest BCUT2D eigenvalue weighted by Gasteiger charge is 2.41. The smallest absolute Gasteiger partial charge is 0.348 e. The summed E-state index contributed by atoms with van der Waals surface area (Å²) in [6, 6.07) is 1.58.